The van der Waals surface area contributed by atoms with Crippen molar-refractivity contribution < 1.29 is 0 Å². The van der Waals surface area contributed by atoms with Crippen molar-refractivity contribution in [2.45, 2.75) is 59.5 Å². The molecule has 0 aromatic carbocycles. The third-order valence-electron chi connectivity index (χ3n) is 4.64. The number of fused-ring (bicyclic) bond motifs is 2. The lowest BCUT2D eigenvalue weighted by molar-refractivity contribution is 0.0509. The van der Waals surface area contributed by atoms with E-state index >= 15 is 0 Å². The summed E-state index contributed by atoms with van der Waals surface area (Å²) >= 11 is 0. The summed E-state index contributed by atoms with van der Waals surface area (Å²) in [7, 11) is 0. The number of rotatable bonds is 1. The summed E-state index contributed by atoms with van der Waals surface area (Å²) in [5.41, 5.74) is 0.591. The molecular formula is C13H25N. The summed E-state index contributed by atoms with van der Waals surface area (Å²) in [6, 6.07) is 1.52. The number of hydrogen-bond donors (Lipinski definition) is 0. The average molecular weight is 195 g/mol. The zero-order valence-corrected chi connectivity index (χ0v) is 10.4. The fraction of sp³-hybridized carbons (Fsp3) is 1.00. The SMILES string of the molecule is CC(C)N1CC2CC([C@@H]1C)C(C)(C)C2. The average Bonchev–Trinajstić information content (AvgIpc) is 2.30. The molecule has 2 bridgehead atoms. The van der Waals surface area contributed by atoms with Crippen LogP contribution in [0.25, 0.3) is 0 Å². The quantitative estimate of drug-likeness (QED) is 0.621. The molecule has 1 aliphatic carbocycles. The van der Waals surface area contributed by atoms with E-state index in [2.05, 4.69) is 39.5 Å². The Labute approximate surface area is 88.9 Å². The van der Waals surface area contributed by atoms with Gasteiger partial charge in [-0.2, -0.15) is 0 Å². The van der Waals surface area contributed by atoms with E-state index in [1.165, 1.54) is 19.4 Å². The third kappa shape index (κ3) is 1.50. The van der Waals surface area contributed by atoms with E-state index < -0.39 is 0 Å². The van der Waals surface area contributed by atoms with Crippen molar-refractivity contribution in [2.24, 2.45) is 17.3 Å². The van der Waals surface area contributed by atoms with Crippen LogP contribution in [0.15, 0.2) is 0 Å². The molecule has 14 heavy (non-hydrogen) atoms. The van der Waals surface area contributed by atoms with Crippen LogP contribution in [-0.2, 0) is 0 Å². The molecule has 2 unspecified atom stereocenters. The Morgan fingerprint density at radius 1 is 1.29 bits per heavy atom. The van der Waals surface area contributed by atoms with E-state index in [-0.39, 0.29) is 0 Å². The first-order chi connectivity index (χ1) is 6.42. The summed E-state index contributed by atoms with van der Waals surface area (Å²) in [5.74, 6) is 1.91. The normalized spacial score (nSPS) is 42.0. The maximum absolute atomic E-state index is 2.72. The molecule has 0 N–H and O–H groups in total. The molecule has 0 radical (unpaired) electrons. The highest BCUT2D eigenvalue weighted by Crippen LogP contribution is 2.52. The maximum atomic E-state index is 2.72. The molecule has 3 atom stereocenters. The molecule has 2 fully saturated rings. The van der Waals surface area contributed by atoms with Crippen molar-refractivity contribution in [3.05, 3.63) is 0 Å². The van der Waals surface area contributed by atoms with Crippen molar-refractivity contribution in [1.29, 1.82) is 0 Å². The minimum atomic E-state index is 0.591. The fourth-order valence-electron chi connectivity index (χ4n) is 4.02. The van der Waals surface area contributed by atoms with E-state index in [0.29, 0.717) is 5.41 Å². The molecule has 1 saturated carbocycles. The summed E-state index contributed by atoms with van der Waals surface area (Å²) < 4.78 is 0. The van der Waals surface area contributed by atoms with Gasteiger partial charge in [0.25, 0.3) is 0 Å². The van der Waals surface area contributed by atoms with Crippen LogP contribution in [0, 0.1) is 17.3 Å². The maximum Gasteiger partial charge on any atom is 0.0103 e. The van der Waals surface area contributed by atoms with Crippen LogP contribution >= 0.6 is 0 Å². The van der Waals surface area contributed by atoms with Gasteiger partial charge < -0.3 is 0 Å². The van der Waals surface area contributed by atoms with Crippen LogP contribution < -0.4 is 0 Å². The predicted octanol–water partition coefficient (Wildman–Crippen LogP) is 3.15. The van der Waals surface area contributed by atoms with E-state index in [1.807, 2.05) is 0 Å². The van der Waals surface area contributed by atoms with Crippen molar-refractivity contribution in [3.8, 4) is 0 Å². The van der Waals surface area contributed by atoms with E-state index in [9.17, 15) is 0 Å². The Morgan fingerprint density at radius 3 is 2.50 bits per heavy atom. The minimum absolute atomic E-state index is 0.591. The Morgan fingerprint density at radius 2 is 1.93 bits per heavy atom. The highest BCUT2D eigenvalue weighted by molar-refractivity contribution is 5.00. The van der Waals surface area contributed by atoms with Gasteiger partial charge in [0.2, 0.25) is 0 Å². The van der Waals surface area contributed by atoms with Gasteiger partial charge in [-0.05, 0) is 50.9 Å². The summed E-state index contributed by atoms with van der Waals surface area (Å²) in [6.07, 6.45) is 2.93. The van der Waals surface area contributed by atoms with Crippen molar-refractivity contribution in [1.82, 2.24) is 4.90 Å². The lowest BCUT2D eigenvalue weighted by Crippen LogP contribution is -2.48. The number of likely N-dealkylation sites (tertiary alicyclic amines) is 1. The molecule has 0 aromatic rings. The Balaban J connectivity index is 2.19. The van der Waals surface area contributed by atoms with E-state index in [4.69, 9.17) is 0 Å². The standard InChI is InChI=1S/C13H25N/c1-9(2)14-8-11-6-12(10(14)3)13(4,5)7-11/h9-12H,6-8H2,1-5H3/t10-,11?,12?/m0/s1. The summed E-state index contributed by atoms with van der Waals surface area (Å²) in [6.45, 7) is 13.4. The molecule has 1 nitrogen and oxygen atoms in total. The number of hydrogen-bond acceptors (Lipinski definition) is 1. The van der Waals surface area contributed by atoms with Crippen LogP contribution in [0.1, 0.15) is 47.5 Å². The highest BCUT2D eigenvalue weighted by Gasteiger charge is 2.48. The first-order valence-corrected chi connectivity index (χ1v) is 6.17. The van der Waals surface area contributed by atoms with Crippen LogP contribution in [0.2, 0.25) is 0 Å². The molecule has 1 heteroatoms. The lowest BCUT2D eigenvalue weighted by Gasteiger charge is -2.43. The van der Waals surface area contributed by atoms with Gasteiger partial charge in [-0.1, -0.05) is 13.8 Å². The van der Waals surface area contributed by atoms with E-state index in [0.717, 1.165) is 23.9 Å². The van der Waals surface area contributed by atoms with Crippen LogP contribution in [-0.4, -0.2) is 23.5 Å². The van der Waals surface area contributed by atoms with Gasteiger partial charge in [-0.15, -0.1) is 0 Å². The molecule has 1 aliphatic heterocycles. The monoisotopic (exact) mass is 195 g/mol. The topological polar surface area (TPSA) is 3.24 Å². The Bertz CT molecular complexity index is 219. The van der Waals surface area contributed by atoms with Gasteiger partial charge >= 0.3 is 0 Å². The summed E-state index contributed by atoms with van der Waals surface area (Å²) in [4.78, 5) is 2.72. The van der Waals surface area contributed by atoms with Gasteiger partial charge in [-0.25, -0.2) is 0 Å². The van der Waals surface area contributed by atoms with Crippen molar-refractivity contribution >= 4 is 0 Å². The molecule has 0 aromatic heterocycles. The van der Waals surface area contributed by atoms with Gasteiger partial charge in [0.05, 0.1) is 0 Å². The largest absolute Gasteiger partial charge is 0.298 e. The molecule has 0 amide bonds. The van der Waals surface area contributed by atoms with Gasteiger partial charge in [0.1, 0.15) is 0 Å². The lowest BCUT2D eigenvalue weighted by atomic mass is 9.77. The molecule has 1 saturated heterocycles. The first-order valence-electron chi connectivity index (χ1n) is 6.17. The molecule has 0 spiro atoms. The van der Waals surface area contributed by atoms with Gasteiger partial charge in [0.15, 0.2) is 0 Å². The molecule has 1 heterocycles. The molecule has 82 valence electrons. The van der Waals surface area contributed by atoms with Crippen LogP contribution in [0.3, 0.4) is 0 Å². The first kappa shape index (κ1) is 10.5. The van der Waals surface area contributed by atoms with Gasteiger partial charge in [-0.3, -0.25) is 4.90 Å². The second-order valence-corrected chi connectivity index (χ2v) is 6.43. The minimum Gasteiger partial charge on any atom is -0.298 e. The molecule has 2 aliphatic rings. The van der Waals surface area contributed by atoms with Crippen molar-refractivity contribution in [3.63, 3.8) is 0 Å². The Kier molecular flexibility index (Phi) is 2.42. The van der Waals surface area contributed by atoms with Gasteiger partial charge in [0, 0.05) is 18.6 Å². The Hall–Kier alpha value is -0.0400. The third-order valence-corrected chi connectivity index (χ3v) is 4.64. The molecule has 2 rings (SSSR count). The second kappa shape index (κ2) is 3.23. The fourth-order valence-corrected chi connectivity index (χ4v) is 4.02. The highest BCUT2D eigenvalue weighted by atomic mass is 15.2. The summed E-state index contributed by atoms with van der Waals surface area (Å²) in [5, 5.41) is 0. The molecular weight excluding hydrogens is 170 g/mol. The number of piperidine rings is 1. The zero-order chi connectivity index (χ0) is 10.5. The van der Waals surface area contributed by atoms with Crippen LogP contribution in [0.5, 0.6) is 0 Å². The van der Waals surface area contributed by atoms with Crippen LogP contribution in [0.4, 0.5) is 0 Å². The zero-order valence-electron chi connectivity index (χ0n) is 10.4. The second-order valence-electron chi connectivity index (χ2n) is 6.43. The van der Waals surface area contributed by atoms with Crippen molar-refractivity contribution in [2.75, 3.05) is 6.54 Å². The van der Waals surface area contributed by atoms with E-state index in [1.54, 1.807) is 0 Å². The smallest absolute Gasteiger partial charge is 0.0103 e. The number of nitrogens with zero attached hydrogens (tertiary/aromatic N) is 1. The predicted molar refractivity (Wildman–Crippen MR) is 61.3 cm³/mol.